The predicted molar refractivity (Wildman–Crippen MR) is 122 cm³/mol. The average molecular weight is 402 g/mol. The van der Waals surface area contributed by atoms with Gasteiger partial charge in [0.25, 0.3) is 0 Å². The van der Waals surface area contributed by atoms with Crippen molar-refractivity contribution in [3.05, 3.63) is 66.6 Å². The molecule has 2 aromatic heterocycles. The third-order valence-electron chi connectivity index (χ3n) is 5.99. The van der Waals surface area contributed by atoms with Gasteiger partial charge in [-0.25, -0.2) is 0 Å². The van der Waals surface area contributed by atoms with E-state index in [1.165, 1.54) is 32.1 Å². The number of hydrogen-bond donors (Lipinski definition) is 1. The Morgan fingerprint density at radius 3 is 2.43 bits per heavy atom. The van der Waals surface area contributed by atoms with Crippen molar-refractivity contribution in [3.63, 3.8) is 0 Å². The average Bonchev–Trinajstić information content (AvgIpc) is 2.83. The number of likely N-dealkylation sites (N-methyl/N-ethyl adjacent to an activating group) is 1. The molecule has 30 heavy (non-hydrogen) atoms. The summed E-state index contributed by atoms with van der Waals surface area (Å²) in [4.78, 5) is 6.78. The molecule has 5 heteroatoms. The Morgan fingerprint density at radius 2 is 1.70 bits per heavy atom. The molecular weight excluding hydrogens is 370 g/mol. The van der Waals surface area contributed by atoms with Crippen LogP contribution in [0.1, 0.15) is 37.8 Å². The fraction of sp³-hybridized carbons (Fsp3) is 0.400. The summed E-state index contributed by atoms with van der Waals surface area (Å²) in [6.07, 6.45) is 10.3. The number of nitrogens with one attached hydrogen (secondary N) is 1. The zero-order valence-corrected chi connectivity index (χ0v) is 17.8. The third-order valence-corrected chi connectivity index (χ3v) is 5.99. The molecule has 1 aromatic carbocycles. The molecule has 3 aromatic rings. The first-order chi connectivity index (χ1) is 14.8. The molecule has 1 saturated carbocycles. The molecule has 156 valence electrons. The molecule has 0 atom stereocenters. The maximum absolute atomic E-state index is 4.69. The molecule has 5 nitrogen and oxygen atoms in total. The fourth-order valence-corrected chi connectivity index (χ4v) is 4.37. The van der Waals surface area contributed by atoms with Gasteiger partial charge in [-0.2, -0.15) is 5.10 Å². The molecular formula is C25H31N5. The van der Waals surface area contributed by atoms with Gasteiger partial charge in [-0.3, -0.25) is 9.88 Å². The molecule has 1 aliphatic carbocycles. The van der Waals surface area contributed by atoms with E-state index in [0.717, 1.165) is 47.7 Å². The van der Waals surface area contributed by atoms with Crippen molar-refractivity contribution in [2.45, 2.75) is 44.7 Å². The SMILES string of the molecule is CNCCN(Cc1cc(-c2ccncc2)c(-c2ccccc2)nn1)C1CCCCC1. The lowest BCUT2D eigenvalue weighted by Gasteiger charge is -2.34. The molecule has 2 heterocycles. The molecule has 4 rings (SSSR count). The van der Waals surface area contributed by atoms with E-state index in [0.29, 0.717) is 6.04 Å². The Labute approximate surface area is 179 Å². The topological polar surface area (TPSA) is 53.9 Å². The van der Waals surface area contributed by atoms with Crippen molar-refractivity contribution in [1.82, 2.24) is 25.4 Å². The van der Waals surface area contributed by atoms with Crippen LogP contribution in [0.3, 0.4) is 0 Å². The van der Waals surface area contributed by atoms with Crippen molar-refractivity contribution in [3.8, 4) is 22.4 Å². The first-order valence-electron chi connectivity index (χ1n) is 11.1. The summed E-state index contributed by atoms with van der Waals surface area (Å²) in [6.45, 7) is 2.86. The maximum Gasteiger partial charge on any atom is 0.101 e. The van der Waals surface area contributed by atoms with Crippen molar-refractivity contribution in [2.75, 3.05) is 20.1 Å². The number of pyridine rings is 1. The number of nitrogens with zero attached hydrogens (tertiary/aromatic N) is 4. The summed E-state index contributed by atoms with van der Waals surface area (Å²) in [6, 6.07) is 17.3. The van der Waals surface area contributed by atoms with Gasteiger partial charge in [0.05, 0.1) is 5.69 Å². The fourth-order valence-electron chi connectivity index (χ4n) is 4.37. The number of hydrogen-bond acceptors (Lipinski definition) is 5. The van der Waals surface area contributed by atoms with Crippen LogP contribution >= 0.6 is 0 Å². The molecule has 0 radical (unpaired) electrons. The summed E-state index contributed by atoms with van der Waals surface area (Å²) in [5.41, 5.74) is 5.28. The molecule has 0 amide bonds. The summed E-state index contributed by atoms with van der Waals surface area (Å²) in [5, 5.41) is 12.7. The minimum Gasteiger partial charge on any atom is -0.318 e. The van der Waals surface area contributed by atoms with Crippen molar-refractivity contribution in [2.24, 2.45) is 0 Å². The highest BCUT2D eigenvalue weighted by Gasteiger charge is 2.22. The maximum atomic E-state index is 4.69. The summed E-state index contributed by atoms with van der Waals surface area (Å²) in [5.74, 6) is 0. The minimum atomic E-state index is 0.645. The lowest BCUT2D eigenvalue weighted by molar-refractivity contribution is 0.147. The second-order valence-electron chi connectivity index (χ2n) is 8.07. The molecule has 0 bridgehead atoms. The molecule has 0 aliphatic heterocycles. The lowest BCUT2D eigenvalue weighted by Crippen LogP contribution is -2.40. The first kappa shape index (κ1) is 20.6. The van der Waals surface area contributed by atoms with Crippen LogP contribution < -0.4 is 5.32 Å². The van der Waals surface area contributed by atoms with Crippen LogP contribution in [0.2, 0.25) is 0 Å². The Balaban J connectivity index is 1.66. The van der Waals surface area contributed by atoms with E-state index in [1.54, 1.807) is 0 Å². The van der Waals surface area contributed by atoms with Gasteiger partial charge >= 0.3 is 0 Å². The summed E-state index contributed by atoms with van der Waals surface area (Å²) < 4.78 is 0. The lowest BCUT2D eigenvalue weighted by atomic mass is 9.94. The van der Waals surface area contributed by atoms with E-state index in [1.807, 2.05) is 49.8 Å². The van der Waals surface area contributed by atoms with E-state index < -0.39 is 0 Å². The smallest absolute Gasteiger partial charge is 0.101 e. The second-order valence-corrected chi connectivity index (χ2v) is 8.07. The standard InChI is InChI=1S/C25H31N5/c1-26-16-17-30(23-10-6-3-7-11-23)19-22-18-24(20-12-14-27-15-13-20)25(29-28-22)21-8-4-2-5-9-21/h2,4-5,8-9,12-15,18,23,26H,3,6-7,10-11,16-17,19H2,1H3. The van der Waals surface area contributed by atoms with Crippen LogP contribution in [0.25, 0.3) is 22.4 Å². The normalized spacial score (nSPS) is 14.9. The third kappa shape index (κ3) is 5.10. The van der Waals surface area contributed by atoms with Crippen molar-refractivity contribution in [1.29, 1.82) is 0 Å². The Kier molecular flexibility index (Phi) is 7.16. The van der Waals surface area contributed by atoms with E-state index in [-0.39, 0.29) is 0 Å². The Bertz CT molecular complexity index is 907. The van der Waals surface area contributed by atoms with Gasteiger partial charge in [-0.05, 0) is 43.7 Å². The molecule has 1 N–H and O–H groups in total. The molecule has 1 aliphatic rings. The van der Waals surface area contributed by atoms with E-state index in [2.05, 4.69) is 38.5 Å². The zero-order valence-electron chi connectivity index (χ0n) is 17.8. The van der Waals surface area contributed by atoms with Crippen LogP contribution in [-0.2, 0) is 6.54 Å². The van der Waals surface area contributed by atoms with Crippen molar-refractivity contribution < 1.29 is 0 Å². The minimum absolute atomic E-state index is 0.645. The highest BCUT2D eigenvalue weighted by molar-refractivity contribution is 5.80. The molecule has 1 fully saturated rings. The Morgan fingerprint density at radius 1 is 0.933 bits per heavy atom. The van der Waals surface area contributed by atoms with Crippen LogP contribution in [0.15, 0.2) is 60.9 Å². The second kappa shape index (κ2) is 10.4. The number of rotatable bonds is 8. The van der Waals surface area contributed by atoms with Gasteiger partial charge in [-0.1, -0.05) is 49.6 Å². The van der Waals surface area contributed by atoms with Crippen LogP contribution in [-0.4, -0.2) is 46.3 Å². The van der Waals surface area contributed by atoms with Crippen LogP contribution in [0.5, 0.6) is 0 Å². The molecule has 0 unspecified atom stereocenters. The van der Waals surface area contributed by atoms with Gasteiger partial charge in [-0.15, -0.1) is 5.10 Å². The highest BCUT2D eigenvalue weighted by Crippen LogP contribution is 2.31. The highest BCUT2D eigenvalue weighted by atomic mass is 15.2. The van der Waals surface area contributed by atoms with E-state index in [4.69, 9.17) is 5.10 Å². The Hall–Kier alpha value is -2.63. The molecule has 0 spiro atoms. The quantitative estimate of drug-likeness (QED) is 0.600. The molecule has 0 saturated heterocycles. The predicted octanol–water partition coefficient (Wildman–Crippen LogP) is 4.56. The van der Waals surface area contributed by atoms with Crippen LogP contribution in [0.4, 0.5) is 0 Å². The van der Waals surface area contributed by atoms with Crippen molar-refractivity contribution >= 4 is 0 Å². The van der Waals surface area contributed by atoms with Gasteiger partial charge in [0.2, 0.25) is 0 Å². The van der Waals surface area contributed by atoms with Gasteiger partial charge in [0.1, 0.15) is 5.69 Å². The van der Waals surface area contributed by atoms with E-state index >= 15 is 0 Å². The monoisotopic (exact) mass is 401 g/mol. The van der Waals surface area contributed by atoms with Crippen LogP contribution in [0, 0.1) is 0 Å². The van der Waals surface area contributed by atoms with E-state index in [9.17, 15) is 0 Å². The van der Waals surface area contributed by atoms with Gasteiger partial charge in [0.15, 0.2) is 0 Å². The first-order valence-corrected chi connectivity index (χ1v) is 11.1. The largest absolute Gasteiger partial charge is 0.318 e. The van der Waals surface area contributed by atoms with Gasteiger partial charge < -0.3 is 5.32 Å². The summed E-state index contributed by atoms with van der Waals surface area (Å²) in [7, 11) is 2.02. The zero-order chi connectivity index (χ0) is 20.6. The summed E-state index contributed by atoms with van der Waals surface area (Å²) >= 11 is 0. The van der Waals surface area contributed by atoms with Gasteiger partial charge in [0, 0.05) is 49.2 Å². The number of aromatic nitrogens is 3. The number of benzene rings is 1.